The highest BCUT2D eigenvalue weighted by Crippen LogP contribution is 2.22. The predicted octanol–water partition coefficient (Wildman–Crippen LogP) is 1.18. The molecule has 0 unspecified atom stereocenters. The molecule has 7 nitrogen and oxygen atoms in total. The lowest BCUT2D eigenvalue weighted by molar-refractivity contribution is -0.385. The van der Waals surface area contributed by atoms with E-state index in [0.717, 1.165) is 0 Å². The Balaban J connectivity index is 2.59. The zero-order valence-electron chi connectivity index (χ0n) is 8.40. The second-order valence-electron chi connectivity index (χ2n) is 2.90. The van der Waals surface area contributed by atoms with E-state index in [1.165, 1.54) is 30.1 Å². The van der Waals surface area contributed by atoms with Gasteiger partial charge in [0.25, 0.3) is 0 Å². The van der Waals surface area contributed by atoms with Crippen molar-refractivity contribution in [2.75, 3.05) is 7.11 Å². The van der Waals surface area contributed by atoms with E-state index in [0.29, 0.717) is 5.88 Å². The molecule has 0 bridgehead atoms. The molecule has 0 spiro atoms. The lowest BCUT2D eigenvalue weighted by Gasteiger charge is -2.04. The first-order valence-electron chi connectivity index (χ1n) is 4.42. The van der Waals surface area contributed by atoms with Crippen LogP contribution in [0.4, 0.5) is 5.69 Å². The van der Waals surface area contributed by atoms with E-state index in [1.54, 1.807) is 12.3 Å². The van der Waals surface area contributed by atoms with E-state index < -0.39 is 4.92 Å². The molecule has 0 aliphatic rings. The molecule has 0 saturated carbocycles. The molecule has 2 rings (SSSR count). The molecule has 2 aromatic rings. The molecule has 0 saturated heterocycles. The second kappa shape index (κ2) is 3.97. The van der Waals surface area contributed by atoms with Gasteiger partial charge in [0.15, 0.2) is 0 Å². The summed E-state index contributed by atoms with van der Waals surface area (Å²) in [5, 5.41) is 14.7. The fraction of sp³-hybridized carbons (Fsp3) is 0.111. The minimum absolute atomic E-state index is 0.121. The summed E-state index contributed by atoms with van der Waals surface area (Å²) in [4.78, 5) is 14.3. The van der Waals surface area contributed by atoms with Gasteiger partial charge in [-0.3, -0.25) is 10.1 Å². The van der Waals surface area contributed by atoms with Gasteiger partial charge in [-0.15, -0.1) is 0 Å². The van der Waals surface area contributed by atoms with Gasteiger partial charge in [-0.05, 0) is 6.07 Å². The Hall–Kier alpha value is -2.44. The van der Waals surface area contributed by atoms with Crippen molar-refractivity contribution in [1.29, 1.82) is 0 Å². The maximum absolute atomic E-state index is 10.8. The Morgan fingerprint density at radius 1 is 1.50 bits per heavy atom. The number of rotatable bonds is 3. The first-order chi connectivity index (χ1) is 7.72. The molecule has 0 radical (unpaired) electrons. The van der Waals surface area contributed by atoms with Crippen molar-refractivity contribution in [3.63, 3.8) is 0 Å². The van der Waals surface area contributed by atoms with Gasteiger partial charge in [0.1, 0.15) is 0 Å². The summed E-state index contributed by atoms with van der Waals surface area (Å²) in [5.41, 5.74) is -0.121. The Morgan fingerprint density at radius 2 is 2.31 bits per heavy atom. The molecule has 16 heavy (non-hydrogen) atoms. The maximum Gasteiger partial charge on any atom is 0.314 e. The molecule has 82 valence electrons. The van der Waals surface area contributed by atoms with Gasteiger partial charge >= 0.3 is 5.69 Å². The molecule has 0 amide bonds. The number of methoxy groups -OCH3 is 1. The van der Waals surface area contributed by atoms with Gasteiger partial charge in [0.05, 0.1) is 12.0 Å². The number of hydrogen-bond donors (Lipinski definition) is 0. The van der Waals surface area contributed by atoms with Crippen LogP contribution in [0.25, 0.3) is 5.82 Å². The molecule has 0 aromatic carbocycles. The predicted molar refractivity (Wildman–Crippen MR) is 54.6 cm³/mol. The summed E-state index contributed by atoms with van der Waals surface area (Å²) in [6, 6.07) is 4.43. The van der Waals surface area contributed by atoms with Crippen LogP contribution in [0.2, 0.25) is 0 Å². The van der Waals surface area contributed by atoms with Crippen molar-refractivity contribution in [1.82, 2.24) is 14.8 Å². The lowest BCUT2D eigenvalue weighted by Crippen LogP contribution is -2.04. The highest BCUT2D eigenvalue weighted by molar-refractivity contribution is 5.48. The van der Waals surface area contributed by atoms with E-state index in [1.807, 2.05) is 0 Å². The summed E-state index contributed by atoms with van der Waals surface area (Å²) in [7, 11) is 1.45. The van der Waals surface area contributed by atoms with Gasteiger partial charge in [-0.2, -0.15) is 10.1 Å². The first-order valence-corrected chi connectivity index (χ1v) is 4.42. The SMILES string of the molecule is COc1ccc([N+](=O)[O-])c(-n2cccn2)n1. The summed E-state index contributed by atoms with van der Waals surface area (Å²) >= 11 is 0. The monoisotopic (exact) mass is 220 g/mol. The number of pyridine rings is 1. The van der Waals surface area contributed by atoms with Crippen LogP contribution in [-0.2, 0) is 0 Å². The molecule has 7 heteroatoms. The quantitative estimate of drug-likeness (QED) is 0.573. The van der Waals surface area contributed by atoms with Crippen LogP contribution in [0.15, 0.2) is 30.6 Å². The van der Waals surface area contributed by atoms with Crippen LogP contribution >= 0.6 is 0 Å². The standard InChI is InChI=1S/C9H8N4O3/c1-16-8-4-3-7(13(14)15)9(11-8)12-6-2-5-10-12/h2-6H,1H3. The highest BCUT2D eigenvalue weighted by atomic mass is 16.6. The van der Waals surface area contributed by atoms with Crippen molar-refractivity contribution in [3.05, 3.63) is 40.7 Å². The molecule has 2 aromatic heterocycles. The van der Waals surface area contributed by atoms with Crippen LogP contribution in [0.1, 0.15) is 0 Å². The third-order valence-electron chi connectivity index (χ3n) is 1.96. The van der Waals surface area contributed by atoms with E-state index in [-0.39, 0.29) is 11.5 Å². The van der Waals surface area contributed by atoms with Crippen molar-refractivity contribution in [2.24, 2.45) is 0 Å². The zero-order chi connectivity index (χ0) is 11.5. The third kappa shape index (κ3) is 1.70. The van der Waals surface area contributed by atoms with Crippen LogP contribution in [0, 0.1) is 10.1 Å². The fourth-order valence-corrected chi connectivity index (χ4v) is 1.24. The van der Waals surface area contributed by atoms with E-state index in [2.05, 4.69) is 10.1 Å². The zero-order valence-corrected chi connectivity index (χ0v) is 8.40. The Bertz CT molecular complexity index is 509. The summed E-state index contributed by atoms with van der Waals surface area (Å²) in [6.07, 6.45) is 3.10. The number of nitrogens with zero attached hydrogens (tertiary/aromatic N) is 4. The molecule has 2 heterocycles. The molecular formula is C9H8N4O3. The highest BCUT2D eigenvalue weighted by Gasteiger charge is 2.18. The van der Waals surface area contributed by atoms with Crippen molar-refractivity contribution in [3.8, 4) is 11.7 Å². The minimum atomic E-state index is -0.510. The van der Waals surface area contributed by atoms with Gasteiger partial charge in [-0.25, -0.2) is 4.68 Å². The van der Waals surface area contributed by atoms with Crippen LogP contribution in [0.3, 0.4) is 0 Å². The van der Waals surface area contributed by atoms with Crippen molar-refractivity contribution >= 4 is 5.69 Å². The smallest absolute Gasteiger partial charge is 0.314 e. The molecule has 0 aliphatic heterocycles. The fourth-order valence-electron chi connectivity index (χ4n) is 1.24. The number of hydrogen-bond acceptors (Lipinski definition) is 5. The van der Waals surface area contributed by atoms with Crippen molar-refractivity contribution < 1.29 is 9.66 Å². The molecule has 0 N–H and O–H groups in total. The molecule has 0 aliphatic carbocycles. The Labute approximate surface area is 90.4 Å². The van der Waals surface area contributed by atoms with Crippen LogP contribution in [-0.4, -0.2) is 26.8 Å². The van der Waals surface area contributed by atoms with Crippen LogP contribution < -0.4 is 4.74 Å². The first kappa shape index (κ1) is 10.1. The molecule has 0 fully saturated rings. The van der Waals surface area contributed by atoms with Gasteiger partial charge in [-0.1, -0.05) is 0 Å². The van der Waals surface area contributed by atoms with E-state index in [9.17, 15) is 10.1 Å². The average molecular weight is 220 g/mol. The van der Waals surface area contributed by atoms with Crippen molar-refractivity contribution in [2.45, 2.75) is 0 Å². The number of nitro groups is 1. The average Bonchev–Trinajstić information content (AvgIpc) is 2.81. The lowest BCUT2D eigenvalue weighted by atomic mass is 10.4. The summed E-state index contributed by atoms with van der Waals surface area (Å²) in [6.45, 7) is 0. The number of ether oxygens (including phenoxy) is 1. The maximum atomic E-state index is 10.8. The minimum Gasteiger partial charge on any atom is -0.481 e. The third-order valence-corrected chi connectivity index (χ3v) is 1.96. The molecule has 0 atom stereocenters. The normalized spacial score (nSPS) is 10.1. The Kier molecular flexibility index (Phi) is 2.50. The summed E-state index contributed by atoms with van der Waals surface area (Å²) < 4.78 is 6.23. The topological polar surface area (TPSA) is 83.1 Å². The molecular weight excluding hydrogens is 212 g/mol. The van der Waals surface area contributed by atoms with Gasteiger partial charge in [0.2, 0.25) is 11.7 Å². The summed E-state index contributed by atoms with van der Waals surface area (Å²) in [5.74, 6) is 0.436. The Morgan fingerprint density at radius 3 is 2.88 bits per heavy atom. The number of aromatic nitrogens is 3. The second-order valence-corrected chi connectivity index (χ2v) is 2.90. The van der Waals surface area contributed by atoms with E-state index in [4.69, 9.17) is 4.74 Å². The van der Waals surface area contributed by atoms with Gasteiger partial charge < -0.3 is 4.74 Å². The van der Waals surface area contributed by atoms with E-state index >= 15 is 0 Å². The van der Waals surface area contributed by atoms with Crippen LogP contribution in [0.5, 0.6) is 5.88 Å². The van der Waals surface area contributed by atoms with Gasteiger partial charge in [0, 0.05) is 24.5 Å². The largest absolute Gasteiger partial charge is 0.481 e.